The SMILES string of the molecule is CC(C)(C)c1ccc(C2CCCCCC2C#N)cc1. The van der Waals surface area contributed by atoms with Crippen molar-refractivity contribution in [3.05, 3.63) is 35.4 Å². The first kappa shape index (κ1) is 14.1. The van der Waals surface area contributed by atoms with Gasteiger partial charge in [0.2, 0.25) is 0 Å². The molecule has 1 aliphatic carbocycles. The van der Waals surface area contributed by atoms with Crippen molar-refractivity contribution in [1.29, 1.82) is 5.26 Å². The highest BCUT2D eigenvalue weighted by atomic mass is 14.3. The zero-order chi connectivity index (χ0) is 13.9. The van der Waals surface area contributed by atoms with Crippen LogP contribution in [0.25, 0.3) is 0 Å². The summed E-state index contributed by atoms with van der Waals surface area (Å²) in [5.41, 5.74) is 2.94. The second kappa shape index (κ2) is 5.78. The predicted molar refractivity (Wildman–Crippen MR) is 80.1 cm³/mol. The fourth-order valence-corrected chi connectivity index (χ4v) is 3.09. The van der Waals surface area contributed by atoms with Gasteiger partial charge in [0.05, 0.1) is 12.0 Å². The van der Waals surface area contributed by atoms with Crippen molar-refractivity contribution in [2.45, 2.75) is 64.2 Å². The van der Waals surface area contributed by atoms with Crippen LogP contribution in [0.5, 0.6) is 0 Å². The number of nitriles is 1. The standard InChI is InChI=1S/C18H25N/c1-18(2,3)16-11-9-14(10-12-16)17-8-6-4-5-7-15(17)13-19/h9-12,15,17H,4-8H2,1-3H3. The van der Waals surface area contributed by atoms with E-state index in [4.69, 9.17) is 0 Å². The minimum absolute atomic E-state index is 0.205. The number of rotatable bonds is 1. The molecule has 1 nitrogen and oxygen atoms in total. The molecular weight excluding hydrogens is 230 g/mol. The summed E-state index contributed by atoms with van der Waals surface area (Å²) in [5, 5.41) is 9.38. The van der Waals surface area contributed by atoms with E-state index in [1.54, 1.807) is 0 Å². The van der Waals surface area contributed by atoms with Gasteiger partial charge in [-0.1, -0.05) is 64.3 Å². The smallest absolute Gasteiger partial charge is 0.0662 e. The molecule has 1 aromatic rings. The molecule has 0 bridgehead atoms. The Balaban J connectivity index is 2.23. The number of nitrogens with zero attached hydrogens (tertiary/aromatic N) is 1. The summed E-state index contributed by atoms with van der Waals surface area (Å²) in [6.07, 6.45) is 6.02. The number of benzene rings is 1. The van der Waals surface area contributed by atoms with Gasteiger partial charge in [0.1, 0.15) is 0 Å². The van der Waals surface area contributed by atoms with Crippen molar-refractivity contribution in [2.75, 3.05) is 0 Å². The Hall–Kier alpha value is -1.29. The first-order valence-corrected chi connectivity index (χ1v) is 7.52. The summed E-state index contributed by atoms with van der Waals surface area (Å²) >= 11 is 0. The molecule has 0 amide bonds. The molecule has 0 heterocycles. The van der Waals surface area contributed by atoms with Crippen LogP contribution in [0.2, 0.25) is 0 Å². The van der Waals surface area contributed by atoms with E-state index in [-0.39, 0.29) is 11.3 Å². The molecule has 1 aliphatic rings. The molecule has 0 aromatic heterocycles. The lowest BCUT2D eigenvalue weighted by Crippen LogP contribution is -2.13. The van der Waals surface area contributed by atoms with E-state index < -0.39 is 0 Å². The molecule has 0 spiro atoms. The molecular formula is C18H25N. The van der Waals surface area contributed by atoms with Crippen molar-refractivity contribution in [3.63, 3.8) is 0 Å². The first-order chi connectivity index (χ1) is 9.02. The number of hydrogen-bond donors (Lipinski definition) is 0. The summed E-state index contributed by atoms with van der Waals surface area (Å²) < 4.78 is 0. The average Bonchev–Trinajstić information content (AvgIpc) is 2.62. The molecule has 19 heavy (non-hydrogen) atoms. The van der Waals surface area contributed by atoms with Gasteiger partial charge < -0.3 is 0 Å². The highest BCUT2D eigenvalue weighted by Crippen LogP contribution is 2.36. The third kappa shape index (κ3) is 3.38. The molecule has 0 radical (unpaired) electrons. The van der Waals surface area contributed by atoms with Gasteiger partial charge in [-0.05, 0) is 35.3 Å². The summed E-state index contributed by atoms with van der Waals surface area (Å²) in [4.78, 5) is 0. The summed E-state index contributed by atoms with van der Waals surface area (Å²) in [6.45, 7) is 6.73. The van der Waals surface area contributed by atoms with Gasteiger partial charge in [-0.2, -0.15) is 5.26 Å². The molecule has 102 valence electrons. The normalized spacial score (nSPS) is 24.5. The van der Waals surface area contributed by atoms with Crippen LogP contribution in [0.15, 0.2) is 24.3 Å². The molecule has 0 saturated heterocycles. The molecule has 1 heteroatoms. The topological polar surface area (TPSA) is 23.8 Å². The molecule has 0 aliphatic heterocycles. The second-order valence-corrected chi connectivity index (χ2v) is 6.85. The zero-order valence-corrected chi connectivity index (χ0v) is 12.4. The average molecular weight is 255 g/mol. The van der Waals surface area contributed by atoms with Gasteiger partial charge in [0.15, 0.2) is 0 Å². The molecule has 2 atom stereocenters. The van der Waals surface area contributed by atoms with Crippen LogP contribution in [0.4, 0.5) is 0 Å². The van der Waals surface area contributed by atoms with E-state index in [2.05, 4.69) is 51.1 Å². The van der Waals surface area contributed by atoms with E-state index in [9.17, 15) is 5.26 Å². The monoisotopic (exact) mass is 255 g/mol. The van der Waals surface area contributed by atoms with Gasteiger partial charge in [0.25, 0.3) is 0 Å². The Bertz CT molecular complexity index is 444. The van der Waals surface area contributed by atoms with Gasteiger partial charge in [-0.25, -0.2) is 0 Å². The molecule has 2 rings (SSSR count). The first-order valence-electron chi connectivity index (χ1n) is 7.52. The zero-order valence-electron chi connectivity index (χ0n) is 12.4. The quantitative estimate of drug-likeness (QED) is 0.635. The van der Waals surface area contributed by atoms with Crippen LogP contribution < -0.4 is 0 Å². The van der Waals surface area contributed by atoms with Crippen LogP contribution in [-0.2, 0) is 5.41 Å². The lowest BCUT2D eigenvalue weighted by Gasteiger charge is -2.23. The van der Waals surface area contributed by atoms with E-state index in [1.807, 2.05) is 0 Å². The van der Waals surface area contributed by atoms with E-state index in [0.717, 1.165) is 6.42 Å². The van der Waals surface area contributed by atoms with E-state index in [1.165, 1.54) is 36.8 Å². The van der Waals surface area contributed by atoms with Crippen LogP contribution in [0, 0.1) is 17.2 Å². The largest absolute Gasteiger partial charge is 0.198 e. The highest BCUT2D eigenvalue weighted by molar-refractivity contribution is 5.30. The fourth-order valence-electron chi connectivity index (χ4n) is 3.09. The van der Waals surface area contributed by atoms with Crippen LogP contribution in [0.3, 0.4) is 0 Å². The van der Waals surface area contributed by atoms with E-state index in [0.29, 0.717) is 5.92 Å². The summed E-state index contributed by atoms with van der Waals surface area (Å²) in [5.74, 6) is 0.657. The molecule has 1 aromatic carbocycles. The number of hydrogen-bond acceptors (Lipinski definition) is 1. The molecule has 1 saturated carbocycles. The third-order valence-corrected chi connectivity index (χ3v) is 4.39. The minimum Gasteiger partial charge on any atom is -0.198 e. The third-order valence-electron chi connectivity index (χ3n) is 4.39. The Kier molecular flexibility index (Phi) is 4.30. The van der Waals surface area contributed by atoms with Crippen molar-refractivity contribution in [3.8, 4) is 6.07 Å². The Morgan fingerprint density at radius 2 is 1.63 bits per heavy atom. The van der Waals surface area contributed by atoms with Crippen molar-refractivity contribution in [1.82, 2.24) is 0 Å². The van der Waals surface area contributed by atoms with Crippen molar-refractivity contribution < 1.29 is 0 Å². The Labute approximate surface area is 117 Å². The Morgan fingerprint density at radius 1 is 1.00 bits per heavy atom. The van der Waals surface area contributed by atoms with Crippen LogP contribution in [0.1, 0.15) is 69.9 Å². The molecule has 1 fully saturated rings. The minimum atomic E-state index is 0.205. The van der Waals surface area contributed by atoms with Crippen molar-refractivity contribution in [2.24, 2.45) is 5.92 Å². The maximum atomic E-state index is 9.38. The van der Waals surface area contributed by atoms with Gasteiger partial charge >= 0.3 is 0 Å². The van der Waals surface area contributed by atoms with Crippen molar-refractivity contribution >= 4 is 0 Å². The molecule has 2 unspecified atom stereocenters. The van der Waals surface area contributed by atoms with Crippen LogP contribution >= 0.6 is 0 Å². The van der Waals surface area contributed by atoms with Gasteiger partial charge in [-0.3, -0.25) is 0 Å². The maximum absolute atomic E-state index is 9.38. The maximum Gasteiger partial charge on any atom is 0.0662 e. The van der Waals surface area contributed by atoms with Gasteiger partial charge in [0, 0.05) is 0 Å². The summed E-state index contributed by atoms with van der Waals surface area (Å²) in [7, 11) is 0. The second-order valence-electron chi connectivity index (χ2n) is 6.85. The summed E-state index contributed by atoms with van der Waals surface area (Å²) in [6, 6.07) is 11.5. The van der Waals surface area contributed by atoms with E-state index >= 15 is 0 Å². The lowest BCUT2D eigenvalue weighted by molar-refractivity contribution is 0.489. The Morgan fingerprint density at radius 3 is 2.21 bits per heavy atom. The van der Waals surface area contributed by atoms with Gasteiger partial charge in [-0.15, -0.1) is 0 Å². The highest BCUT2D eigenvalue weighted by Gasteiger charge is 2.25. The predicted octanol–water partition coefficient (Wildman–Crippen LogP) is 5.17. The lowest BCUT2D eigenvalue weighted by atomic mass is 9.81. The fraction of sp³-hybridized carbons (Fsp3) is 0.611. The van der Waals surface area contributed by atoms with Crippen LogP contribution in [-0.4, -0.2) is 0 Å². The molecule has 0 N–H and O–H groups in total.